The van der Waals surface area contributed by atoms with Gasteiger partial charge in [-0.1, -0.05) is 11.6 Å². The van der Waals surface area contributed by atoms with Crippen molar-refractivity contribution in [2.75, 3.05) is 58.8 Å². The van der Waals surface area contributed by atoms with Gasteiger partial charge in [0.1, 0.15) is 9.84 Å². The van der Waals surface area contributed by atoms with Gasteiger partial charge >= 0.3 is 0 Å². The van der Waals surface area contributed by atoms with Crippen LogP contribution in [0.5, 0.6) is 0 Å². The molecule has 2 rings (SSSR count). The molecule has 0 atom stereocenters. The molecule has 8 nitrogen and oxygen atoms in total. The second-order valence-corrected chi connectivity index (χ2v) is 11.5. The van der Waals surface area contributed by atoms with Crippen LogP contribution in [-0.2, 0) is 19.9 Å². The van der Waals surface area contributed by atoms with Gasteiger partial charge in [-0.05, 0) is 18.2 Å². The summed E-state index contributed by atoms with van der Waals surface area (Å²) in [6.07, 6.45) is 1.20. The highest BCUT2D eigenvalue weighted by molar-refractivity contribution is 7.90. The highest BCUT2D eigenvalue weighted by Gasteiger charge is 2.26. The highest BCUT2D eigenvalue weighted by atomic mass is 35.5. The van der Waals surface area contributed by atoms with Gasteiger partial charge in [0, 0.05) is 53.1 Å². The summed E-state index contributed by atoms with van der Waals surface area (Å²) in [6.45, 7) is 2.37. The lowest BCUT2D eigenvalue weighted by Crippen LogP contribution is -2.49. The summed E-state index contributed by atoms with van der Waals surface area (Å²) in [5, 5.41) is 0.192. The average Bonchev–Trinajstić information content (AvgIpc) is 2.59. The number of sulfone groups is 1. The fourth-order valence-corrected chi connectivity index (χ4v) is 4.40. The molecule has 1 aromatic rings. The van der Waals surface area contributed by atoms with E-state index < -0.39 is 19.9 Å². The molecule has 0 N–H and O–H groups in total. The first-order chi connectivity index (χ1) is 12.4. The number of piperazine rings is 1. The summed E-state index contributed by atoms with van der Waals surface area (Å²) < 4.78 is 48.2. The number of sulfonamides is 1. The highest BCUT2D eigenvalue weighted by Crippen LogP contribution is 2.24. The molecule has 1 aromatic carbocycles. The molecule has 1 fully saturated rings. The predicted octanol–water partition coefficient (Wildman–Crippen LogP) is 0.393. The molecule has 0 saturated carbocycles. The van der Waals surface area contributed by atoms with Crippen molar-refractivity contribution in [3.8, 4) is 0 Å². The maximum absolute atomic E-state index is 12.8. The van der Waals surface area contributed by atoms with E-state index in [0.717, 1.165) is 4.31 Å². The van der Waals surface area contributed by atoms with Crippen molar-refractivity contribution in [2.45, 2.75) is 4.90 Å². The van der Waals surface area contributed by atoms with E-state index in [4.69, 9.17) is 11.6 Å². The van der Waals surface area contributed by atoms with E-state index >= 15 is 0 Å². The molecule has 1 saturated heterocycles. The van der Waals surface area contributed by atoms with Crippen LogP contribution in [0.25, 0.3) is 0 Å². The van der Waals surface area contributed by atoms with Crippen LogP contribution in [0.3, 0.4) is 0 Å². The maximum atomic E-state index is 12.8. The minimum absolute atomic E-state index is 0.00652. The normalized spacial score (nSPS) is 16.7. The Hall–Kier alpha value is -1.20. The lowest BCUT2D eigenvalue weighted by Gasteiger charge is -2.34. The van der Waals surface area contributed by atoms with Crippen LogP contribution in [-0.4, -0.2) is 95.7 Å². The van der Waals surface area contributed by atoms with Gasteiger partial charge in [0.25, 0.3) is 5.91 Å². The fraction of sp³-hybridized carbons (Fsp3) is 0.562. The first-order valence-corrected chi connectivity index (χ1v) is 12.2. The van der Waals surface area contributed by atoms with Crippen molar-refractivity contribution in [3.63, 3.8) is 0 Å². The standard InChI is InChI=1S/C16H24ClN3O5S2/c1-18(2)27(24,25)13-4-5-15(17)14(12-13)16(21)20-8-6-19(7-9-20)10-11-26(3,22)23/h4-5,12H,6-11H2,1-3H3. The Morgan fingerprint density at radius 1 is 1.11 bits per heavy atom. The molecule has 1 heterocycles. The largest absolute Gasteiger partial charge is 0.336 e. The molecule has 11 heteroatoms. The van der Waals surface area contributed by atoms with Gasteiger partial charge in [0.15, 0.2) is 0 Å². The van der Waals surface area contributed by atoms with Gasteiger partial charge in [0.05, 0.1) is 21.2 Å². The molecular weight excluding hydrogens is 414 g/mol. The van der Waals surface area contributed by atoms with Gasteiger partial charge in [-0.2, -0.15) is 0 Å². The molecule has 0 spiro atoms. The molecule has 1 aliphatic heterocycles. The minimum atomic E-state index is -3.67. The third-order valence-corrected chi connectivity index (χ3v) is 7.45. The Balaban J connectivity index is 2.11. The van der Waals surface area contributed by atoms with Crippen molar-refractivity contribution in [1.82, 2.24) is 14.1 Å². The van der Waals surface area contributed by atoms with E-state index in [1.165, 1.54) is 38.6 Å². The second kappa shape index (κ2) is 8.44. The summed E-state index contributed by atoms with van der Waals surface area (Å²) in [5.74, 6) is -0.254. The maximum Gasteiger partial charge on any atom is 0.255 e. The summed E-state index contributed by atoms with van der Waals surface area (Å²) in [6, 6.07) is 4.08. The van der Waals surface area contributed by atoms with Gasteiger partial charge in [-0.15, -0.1) is 0 Å². The minimum Gasteiger partial charge on any atom is -0.336 e. The molecule has 0 aliphatic carbocycles. The van der Waals surface area contributed by atoms with E-state index in [1.807, 2.05) is 4.90 Å². The van der Waals surface area contributed by atoms with Crippen molar-refractivity contribution in [3.05, 3.63) is 28.8 Å². The van der Waals surface area contributed by atoms with Gasteiger partial charge < -0.3 is 4.90 Å². The Bertz CT molecular complexity index is 908. The number of benzene rings is 1. The first-order valence-electron chi connectivity index (χ1n) is 8.33. The molecular formula is C16H24ClN3O5S2. The summed E-state index contributed by atoms with van der Waals surface area (Å²) >= 11 is 6.14. The molecule has 1 aliphatic rings. The first kappa shape index (κ1) is 22.1. The Morgan fingerprint density at radius 3 is 2.22 bits per heavy atom. The topological polar surface area (TPSA) is 95.1 Å². The Kier molecular flexibility index (Phi) is 6.91. The molecule has 152 valence electrons. The zero-order valence-electron chi connectivity index (χ0n) is 15.6. The number of halogens is 1. The van der Waals surface area contributed by atoms with Crippen LogP contribution in [0.4, 0.5) is 0 Å². The van der Waals surface area contributed by atoms with E-state index in [2.05, 4.69) is 0 Å². The summed E-state index contributed by atoms with van der Waals surface area (Å²) in [5.41, 5.74) is 0.143. The number of carbonyl (C=O) groups excluding carboxylic acids is 1. The predicted molar refractivity (Wildman–Crippen MR) is 104 cm³/mol. The number of rotatable bonds is 6. The van der Waals surface area contributed by atoms with Crippen LogP contribution >= 0.6 is 11.6 Å². The zero-order valence-corrected chi connectivity index (χ0v) is 17.9. The number of amides is 1. The van der Waals surface area contributed by atoms with Gasteiger partial charge in [-0.3, -0.25) is 9.69 Å². The Labute approximate surface area is 165 Å². The van der Waals surface area contributed by atoms with Crippen molar-refractivity contribution < 1.29 is 21.6 Å². The number of hydrogen-bond donors (Lipinski definition) is 0. The number of hydrogen-bond acceptors (Lipinski definition) is 6. The van der Waals surface area contributed by atoms with Crippen LogP contribution in [0.2, 0.25) is 5.02 Å². The van der Waals surface area contributed by atoms with Gasteiger partial charge in [0.2, 0.25) is 10.0 Å². The molecule has 0 radical (unpaired) electrons. The number of nitrogens with zero attached hydrogens (tertiary/aromatic N) is 3. The molecule has 0 aromatic heterocycles. The molecule has 0 unspecified atom stereocenters. The third-order valence-electron chi connectivity index (χ3n) is 4.38. The number of carbonyl (C=O) groups is 1. The van der Waals surface area contributed by atoms with Crippen molar-refractivity contribution >= 4 is 37.4 Å². The van der Waals surface area contributed by atoms with Crippen LogP contribution in [0.15, 0.2) is 23.1 Å². The van der Waals surface area contributed by atoms with Crippen LogP contribution < -0.4 is 0 Å². The zero-order chi connectivity index (χ0) is 20.4. The molecule has 0 bridgehead atoms. The van der Waals surface area contributed by atoms with E-state index in [0.29, 0.717) is 32.7 Å². The lowest BCUT2D eigenvalue weighted by molar-refractivity contribution is 0.0644. The average molecular weight is 438 g/mol. The molecule has 27 heavy (non-hydrogen) atoms. The lowest BCUT2D eigenvalue weighted by atomic mass is 10.2. The van der Waals surface area contributed by atoms with E-state index in [-0.39, 0.29) is 27.1 Å². The second-order valence-electron chi connectivity index (χ2n) is 6.69. The smallest absolute Gasteiger partial charge is 0.255 e. The monoisotopic (exact) mass is 437 g/mol. The van der Waals surface area contributed by atoms with Crippen LogP contribution in [0.1, 0.15) is 10.4 Å². The van der Waals surface area contributed by atoms with Gasteiger partial charge in [-0.25, -0.2) is 21.1 Å². The van der Waals surface area contributed by atoms with Crippen molar-refractivity contribution in [2.24, 2.45) is 0 Å². The summed E-state index contributed by atoms with van der Waals surface area (Å²) in [4.78, 5) is 16.4. The van der Waals surface area contributed by atoms with Crippen LogP contribution in [0, 0.1) is 0 Å². The molecule has 1 amide bonds. The quantitative estimate of drug-likeness (QED) is 0.639. The van der Waals surface area contributed by atoms with E-state index in [9.17, 15) is 21.6 Å². The third kappa shape index (κ3) is 5.64. The SMILES string of the molecule is CN(C)S(=O)(=O)c1ccc(Cl)c(C(=O)N2CCN(CCS(C)(=O)=O)CC2)c1. The van der Waals surface area contributed by atoms with E-state index in [1.54, 1.807) is 4.90 Å². The Morgan fingerprint density at radius 2 is 1.70 bits per heavy atom. The summed E-state index contributed by atoms with van der Waals surface area (Å²) in [7, 11) is -3.86. The fourth-order valence-electron chi connectivity index (χ4n) is 2.68. The van der Waals surface area contributed by atoms with Crippen molar-refractivity contribution in [1.29, 1.82) is 0 Å².